The molecule has 0 aromatic carbocycles. The lowest BCUT2D eigenvalue weighted by atomic mass is 10.2. The minimum absolute atomic E-state index is 0.124. The summed E-state index contributed by atoms with van der Waals surface area (Å²) in [6.07, 6.45) is 3.78. The van der Waals surface area contributed by atoms with Crippen molar-refractivity contribution < 1.29 is 13.5 Å². The fourth-order valence-electron chi connectivity index (χ4n) is 2.50. The highest BCUT2D eigenvalue weighted by atomic mass is 19.3. The fourth-order valence-corrected chi connectivity index (χ4v) is 2.50. The number of rotatable bonds is 5. The topological polar surface area (TPSA) is 110 Å². The van der Waals surface area contributed by atoms with E-state index < -0.39 is 12.2 Å². The van der Waals surface area contributed by atoms with Gasteiger partial charge in [-0.15, -0.1) is 0 Å². The summed E-state index contributed by atoms with van der Waals surface area (Å²) in [5.41, 5.74) is 2.38. The zero-order chi connectivity index (χ0) is 17.4. The molecule has 25 heavy (non-hydrogen) atoms. The number of hydrogen-bond donors (Lipinski definition) is 2. The maximum absolute atomic E-state index is 12.8. The van der Waals surface area contributed by atoms with Crippen molar-refractivity contribution in [2.45, 2.75) is 13.0 Å². The van der Waals surface area contributed by atoms with Crippen molar-refractivity contribution in [2.75, 3.05) is 7.11 Å². The smallest absolute Gasteiger partial charge is 0.299 e. The van der Waals surface area contributed by atoms with Crippen LogP contribution in [0.4, 0.5) is 8.78 Å². The molecule has 0 amide bonds. The number of hydrogen-bond acceptors (Lipinski definition) is 6. The zero-order valence-electron chi connectivity index (χ0n) is 12.9. The molecule has 4 aromatic heterocycles. The number of H-pyrrole nitrogens is 2. The number of alkyl halides is 2. The van der Waals surface area contributed by atoms with Crippen molar-refractivity contribution in [3.8, 4) is 22.9 Å². The maximum Gasteiger partial charge on any atom is 0.299 e. The Kier molecular flexibility index (Phi) is 3.69. The van der Waals surface area contributed by atoms with Crippen molar-refractivity contribution in [2.24, 2.45) is 0 Å². The predicted octanol–water partition coefficient (Wildman–Crippen LogP) is 1.99. The molecule has 0 aliphatic carbocycles. The molecule has 0 radical (unpaired) electrons. The summed E-state index contributed by atoms with van der Waals surface area (Å²) in [5, 5.41) is 6.03. The van der Waals surface area contributed by atoms with Crippen LogP contribution in [0, 0.1) is 0 Å². The number of imidazole rings is 2. The van der Waals surface area contributed by atoms with Gasteiger partial charge in [-0.3, -0.25) is 9.50 Å². The number of ether oxygens (including phenoxy) is 1. The molecule has 0 saturated carbocycles. The van der Waals surface area contributed by atoms with E-state index in [-0.39, 0.29) is 5.82 Å². The summed E-state index contributed by atoms with van der Waals surface area (Å²) < 4.78 is 32.4. The number of fused-ring (bicyclic) bond motifs is 1. The summed E-state index contributed by atoms with van der Waals surface area (Å²) in [7, 11) is 1.58. The standard InChI is InChI=1S/C14H12F2N8O/c1-25-5-7-2-18-14-20-9(12-21-13(11(15)16)23-22-12)10(24(14)4-7)8-3-17-6-19-8/h2-4,6,11H,5H2,1H3,(H,17,19)(H,21,22,23). The van der Waals surface area contributed by atoms with Crippen LogP contribution in [0.5, 0.6) is 0 Å². The first kappa shape index (κ1) is 15.3. The lowest BCUT2D eigenvalue weighted by molar-refractivity contribution is 0.141. The van der Waals surface area contributed by atoms with Gasteiger partial charge in [-0.25, -0.2) is 28.7 Å². The quantitative estimate of drug-likeness (QED) is 0.572. The van der Waals surface area contributed by atoms with Crippen LogP contribution in [0.25, 0.3) is 28.7 Å². The third kappa shape index (κ3) is 2.63. The van der Waals surface area contributed by atoms with Gasteiger partial charge in [0.1, 0.15) is 11.4 Å². The molecule has 4 heterocycles. The van der Waals surface area contributed by atoms with E-state index >= 15 is 0 Å². The fraction of sp³-hybridized carbons (Fsp3) is 0.214. The Morgan fingerprint density at radius 3 is 2.84 bits per heavy atom. The van der Waals surface area contributed by atoms with Gasteiger partial charge in [-0.05, 0) is 0 Å². The third-order valence-corrected chi connectivity index (χ3v) is 3.52. The van der Waals surface area contributed by atoms with Crippen LogP contribution in [0.15, 0.2) is 24.9 Å². The van der Waals surface area contributed by atoms with E-state index in [1.54, 1.807) is 23.9 Å². The second kappa shape index (κ2) is 6.02. The van der Waals surface area contributed by atoms with Gasteiger partial charge in [0.15, 0.2) is 5.82 Å². The lowest BCUT2D eigenvalue weighted by Gasteiger charge is -2.03. The van der Waals surface area contributed by atoms with E-state index in [0.717, 1.165) is 5.56 Å². The third-order valence-electron chi connectivity index (χ3n) is 3.52. The summed E-state index contributed by atoms with van der Waals surface area (Å²) in [5.74, 6) is -0.0798. The summed E-state index contributed by atoms with van der Waals surface area (Å²) in [6, 6.07) is 0. The van der Waals surface area contributed by atoms with Crippen molar-refractivity contribution >= 4 is 5.78 Å². The Balaban J connectivity index is 1.95. The van der Waals surface area contributed by atoms with Crippen molar-refractivity contribution in [3.05, 3.63) is 36.3 Å². The number of nitrogens with one attached hydrogen (secondary N) is 2. The van der Waals surface area contributed by atoms with Gasteiger partial charge < -0.3 is 9.72 Å². The Morgan fingerprint density at radius 1 is 1.28 bits per heavy atom. The molecule has 128 valence electrons. The Morgan fingerprint density at radius 2 is 2.16 bits per heavy atom. The van der Waals surface area contributed by atoms with Gasteiger partial charge in [-0.1, -0.05) is 0 Å². The SMILES string of the molecule is COCc1cnc2nc(-c3nc(C(F)F)n[nH]3)c(-c3cnc[nH]3)n2c1. The Hall–Kier alpha value is -3.21. The Bertz CT molecular complexity index is 1010. The van der Waals surface area contributed by atoms with E-state index in [0.29, 0.717) is 29.5 Å². The van der Waals surface area contributed by atoms with Gasteiger partial charge in [0.2, 0.25) is 11.6 Å². The second-order valence-electron chi connectivity index (χ2n) is 5.18. The molecule has 9 nitrogen and oxygen atoms in total. The van der Waals surface area contributed by atoms with Crippen LogP contribution in [-0.4, -0.2) is 46.6 Å². The molecule has 0 saturated heterocycles. The molecular formula is C14H12F2N8O. The monoisotopic (exact) mass is 346 g/mol. The molecule has 0 aliphatic heterocycles. The number of halogens is 2. The molecule has 0 spiro atoms. The van der Waals surface area contributed by atoms with Crippen LogP contribution < -0.4 is 0 Å². The minimum Gasteiger partial charge on any atom is -0.380 e. The van der Waals surface area contributed by atoms with Gasteiger partial charge in [0.05, 0.1) is 24.8 Å². The first-order valence-electron chi connectivity index (χ1n) is 7.23. The van der Waals surface area contributed by atoms with Crippen LogP contribution in [0.3, 0.4) is 0 Å². The van der Waals surface area contributed by atoms with E-state index in [2.05, 4.69) is 35.1 Å². The first-order chi connectivity index (χ1) is 12.2. The first-order valence-corrected chi connectivity index (χ1v) is 7.23. The molecule has 0 unspecified atom stereocenters. The van der Waals surface area contributed by atoms with Crippen LogP contribution in [-0.2, 0) is 11.3 Å². The minimum atomic E-state index is -2.77. The number of aromatic nitrogens is 8. The molecule has 11 heteroatoms. The number of nitrogens with zero attached hydrogens (tertiary/aromatic N) is 6. The summed E-state index contributed by atoms with van der Waals surface area (Å²) in [6.45, 7) is 0.372. The van der Waals surface area contributed by atoms with Crippen LogP contribution in [0.1, 0.15) is 17.8 Å². The molecule has 4 rings (SSSR count). The molecule has 0 fully saturated rings. The van der Waals surface area contributed by atoms with Crippen LogP contribution >= 0.6 is 0 Å². The maximum atomic E-state index is 12.8. The van der Waals surface area contributed by atoms with Crippen molar-refractivity contribution in [1.82, 2.24) is 39.5 Å². The van der Waals surface area contributed by atoms with E-state index in [9.17, 15) is 8.78 Å². The molecule has 0 aliphatic rings. The van der Waals surface area contributed by atoms with E-state index in [1.165, 1.54) is 6.33 Å². The molecule has 4 aromatic rings. The average molecular weight is 346 g/mol. The van der Waals surface area contributed by atoms with Gasteiger partial charge in [0, 0.05) is 25.1 Å². The Labute approximate surface area is 139 Å². The van der Waals surface area contributed by atoms with Crippen molar-refractivity contribution in [1.29, 1.82) is 0 Å². The summed E-state index contributed by atoms with van der Waals surface area (Å²) in [4.78, 5) is 19.5. The van der Waals surface area contributed by atoms with Gasteiger partial charge >= 0.3 is 0 Å². The highest BCUT2D eigenvalue weighted by Gasteiger charge is 2.22. The highest BCUT2D eigenvalue weighted by molar-refractivity contribution is 5.76. The van der Waals surface area contributed by atoms with Crippen molar-refractivity contribution in [3.63, 3.8) is 0 Å². The second-order valence-corrected chi connectivity index (χ2v) is 5.18. The van der Waals surface area contributed by atoms with Gasteiger partial charge in [0.25, 0.3) is 6.43 Å². The summed E-state index contributed by atoms with van der Waals surface area (Å²) >= 11 is 0. The van der Waals surface area contributed by atoms with E-state index in [4.69, 9.17) is 4.74 Å². The van der Waals surface area contributed by atoms with E-state index in [1.807, 2.05) is 6.20 Å². The van der Waals surface area contributed by atoms with Crippen LogP contribution in [0.2, 0.25) is 0 Å². The lowest BCUT2D eigenvalue weighted by Crippen LogP contribution is -1.97. The predicted molar refractivity (Wildman–Crippen MR) is 81.6 cm³/mol. The number of methoxy groups -OCH3 is 1. The average Bonchev–Trinajstić information content (AvgIpc) is 3.33. The normalized spacial score (nSPS) is 11.7. The zero-order valence-corrected chi connectivity index (χ0v) is 12.9. The molecule has 2 N–H and O–H groups in total. The molecular weight excluding hydrogens is 334 g/mol. The molecule has 0 atom stereocenters. The number of aromatic amines is 2. The van der Waals surface area contributed by atoms with Gasteiger partial charge in [-0.2, -0.15) is 5.10 Å². The molecule has 0 bridgehead atoms. The largest absolute Gasteiger partial charge is 0.380 e. The highest BCUT2D eigenvalue weighted by Crippen LogP contribution is 2.30.